The molecule has 20 heavy (non-hydrogen) atoms. The highest BCUT2D eigenvalue weighted by molar-refractivity contribution is 5.68. The monoisotopic (exact) mass is 286 g/mol. The fourth-order valence-corrected chi connectivity index (χ4v) is 2.32. The lowest BCUT2D eigenvalue weighted by atomic mass is 10.0. The lowest BCUT2D eigenvalue weighted by Crippen LogP contribution is -2.48. The number of nitrogens with zero attached hydrogens (tertiary/aromatic N) is 1. The van der Waals surface area contributed by atoms with Crippen molar-refractivity contribution in [2.24, 2.45) is 5.92 Å². The minimum Gasteiger partial charge on any atom is -0.444 e. The number of carbonyl (C=O) groups is 1. The number of rotatable bonds is 5. The van der Waals surface area contributed by atoms with E-state index in [1.54, 1.807) is 0 Å². The SMILES string of the molecule is CC(C)C[C@@H](CN1CCOCC1)NC(=O)OC(C)(C)C. The van der Waals surface area contributed by atoms with Crippen molar-refractivity contribution in [3.8, 4) is 0 Å². The minimum atomic E-state index is -0.453. The summed E-state index contributed by atoms with van der Waals surface area (Å²) < 4.78 is 10.7. The van der Waals surface area contributed by atoms with E-state index in [4.69, 9.17) is 9.47 Å². The summed E-state index contributed by atoms with van der Waals surface area (Å²) in [6, 6.07) is 0.128. The first-order chi connectivity index (χ1) is 9.26. The van der Waals surface area contributed by atoms with Crippen molar-refractivity contribution in [1.82, 2.24) is 10.2 Å². The van der Waals surface area contributed by atoms with Crippen molar-refractivity contribution in [2.45, 2.75) is 52.7 Å². The van der Waals surface area contributed by atoms with E-state index < -0.39 is 5.60 Å². The van der Waals surface area contributed by atoms with Gasteiger partial charge in [-0.05, 0) is 33.1 Å². The van der Waals surface area contributed by atoms with E-state index in [9.17, 15) is 4.79 Å². The summed E-state index contributed by atoms with van der Waals surface area (Å²) in [6.07, 6.45) is 0.632. The number of morpholine rings is 1. The summed E-state index contributed by atoms with van der Waals surface area (Å²) >= 11 is 0. The molecule has 1 rings (SSSR count). The molecule has 5 heteroatoms. The first kappa shape index (κ1) is 17.2. The standard InChI is InChI=1S/C15H30N2O3/c1-12(2)10-13(11-17-6-8-19-9-7-17)16-14(18)20-15(3,4)5/h12-13H,6-11H2,1-5H3,(H,16,18)/t13-/m0/s1. The first-order valence-corrected chi connectivity index (χ1v) is 7.56. The lowest BCUT2D eigenvalue weighted by molar-refractivity contribution is 0.0277. The summed E-state index contributed by atoms with van der Waals surface area (Å²) in [5, 5.41) is 3.01. The van der Waals surface area contributed by atoms with E-state index in [0.29, 0.717) is 5.92 Å². The second kappa shape index (κ2) is 7.84. The predicted molar refractivity (Wildman–Crippen MR) is 79.9 cm³/mol. The van der Waals surface area contributed by atoms with Gasteiger partial charge in [0.05, 0.1) is 13.2 Å². The Bertz CT molecular complexity index is 294. The van der Waals surface area contributed by atoms with Gasteiger partial charge in [0.2, 0.25) is 0 Å². The van der Waals surface area contributed by atoms with Gasteiger partial charge in [0.1, 0.15) is 5.60 Å². The average molecular weight is 286 g/mol. The number of hydrogen-bond acceptors (Lipinski definition) is 4. The molecule has 1 aliphatic rings. The van der Waals surface area contributed by atoms with Gasteiger partial charge in [-0.1, -0.05) is 13.8 Å². The van der Waals surface area contributed by atoms with Crippen LogP contribution in [0.4, 0.5) is 4.79 Å². The van der Waals surface area contributed by atoms with Crippen molar-refractivity contribution < 1.29 is 14.3 Å². The minimum absolute atomic E-state index is 0.128. The van der Waals surface area contributed by atoms with Gasteiger partial charge in [-0.15, -0.1) is 0 Å². The van der Waals surface area contributed by atoms with E-state index in [1.807, 2.05) is 20.8 Å². The lowest BCUT2D eigenvalue weighted by Gasteiger charge is -2.32. The van der Waals surface area contributed by atoms with Gasteiger partial charge < -0.3 is 14.8 Å². The quantitative estimate of drug-likeness (QED) is 0.842. The third-order valence-corrected chi connectivity index (χ3v) is 3.06. The highest BCUT2D eigenvalue weighted by atomic mass is 16.6. The smallest absolute Gasteiger partial charge is 0.407 e. The van der Waals surface area contributed by atoms with Crippen LogP contribution in [0.1, 0.15) is 41.0 Å². The third kappa shape index (κ3) is 7.70. The Morgan fingerprint density at radius 3 is 2.40 bits per heavy atom. The molecule has 0 radical (unpaired) electrons. The number of nitrogens with one attached hydrogen (secondary N) is 1. The molecular formula is C15H30N2O3. The molecule has 0 unspecified atom stereocenters. The van der Waals surface area contributed by atoms with Crippen molar-refractivity contribution >= 4 is 6.09 Å². The van der Waals surface area contributed by atoms with E-state index in [2.05, 4.69) is 24.1 Å². The zero-order chi connectivity index (χ0) is 15.2. The summed E-state index contributed by atoms with van der Waals surface area (Å²) in [5.41, 5.74) is -0.453. The fraction of sp³-hybridized carbons (Fsp3) is 0.933. The van der Waals surface area contributed by atoms with Gasteiger partial charge in [0.15, 0.2) is 0 Å². The topological polar surface area (TPSA) is 50.8 Å². The molecule has 0 aromatic carbocycles. The maximum absolute atomic E-state index is 11.9. The second-order valence-electron chi connectivity index (χ2n) is 6.89. The van der Waals surface area contributed by atoms with E-state index in [-0.39, 0.29) is 12.1 Å². The number of carbonyl (C=O) groups excluding carboxylic acids is 1. The van der Waals surface area contributed by atoms with Gasteiger partial charge in [-0.25, -0.2) is 4.79 Å². The van der Waals surface area contributed by atoms with E-state index >= 15 is 0 Å². The van der Waals surface area contributed by atoms with Crippen molar-refractivity contribution in [3.63, 3.8) is 0 Å². The van der Waals surface area contributed by atoms with Crippen LogP contribution in [0.25, 0.3) is 0 Å². The van der Waals surface area contributed by atoms with E-state index in [1.165, 1.54) is 0 Å². The molecule has 1 heterocycles. The first-order valence-electron chi connectivity index (χ1n) is 7.56. The fourth-order valence-electron chi connectivity index (χ4n) is 2.32. The Morgan fingerprint density at radius 1 is 1.30 bits per heavy atom. The molecule has 1 aliphatic heterocycles. The zero-order valence-electron chi connectivity index (χ0n) is 13.6. The van der Waals surface area contributed by atoms with Crippen LogP contribution >= 0.6 is 0 Å². The van der Waals surface area contributed by atoms with Crippen LogP contribution in [0.3, 0.4) is 0 Å². The molecule has 1 fully saturated rings. The van der Waals surface area contributed by atoms with Gasteiger partial charge >= 0.3 is 6.09 Å². The Hall–Kier alpha value is -0.810. The van der Waals surface area contributed by atoms with Gasteiger partial charge in [-0.2, -0.15) is 0 Å². The Morgan fingerprint density at radius 2 is 1.90 bits per heavy atom. The Balaban J connectivity index is 2.48. The summed E-state index contributed by atoms with van der Waals surface area (Å²) in [6.45, 7) is 14.3. The van der Waals surface area contributed by atoms with Crippen LogP contribution in [0, 0.1) is 5.92 Å². The highest BCUT2D eigenvalue weighted by Crippen LogP contribution is 2.11. The van der Waals surface area contributed by atoms with E-state index in [0.717, 1.165) is 39.3 Å². The molecule has 0 saturated carbocycles. The van der Waals surface area contributed by atoms with Crippen LogP contribution in [-0.2, 0) is 9.47 Å². The van der Waals surface area contributed by atoms with Gasteiger partial charge in [0, 0.05) is 25.7 Å². The molecule has 1 atom stereocenters. The molecule has 0 bridgehead atoms. The van der Waals surface area contributed by atoms with Gasteiger partial charge in [-0.3, -0.25) is 4.90 Å². The maximum Gasteiger partial charge on any atom is 0.407 e. The Kier molecular flexibility index (Phi) is 6.76. The van der Waals surface area contributed by atoms with Crippen LogP contribution in [0.5, 0.6) is 0 Å². The molecule has 1 saturated heterocycles. The molecule has 0 spiro atoms. The van der Waals surface area contributed by atoms with Crippen molar-refractivity contribution in [1.29, 1.82) is 0 Å². The number of hydrogen-bond donors (Lipinski definition) is 1. The Labute approximate surface area is 123 Å². The summed E-state index contributed by atoms with van der Waals surface area (Å²) in [7, 11) is 0. The molecule has 0 aliphatic carbocycles. The molecule has 1 amide bonds. The second-order valence-corrected chi connectivity index (χ2v) is 6.89. The molecule has 5 nitrogen and oxygen atoms in total. The van der Waals surface area contributed by atoms with Crippen molar-refractivity contribution in [2.75, 3.05) is 32.8 Å². The molecule has 0 aromatic heterocycles. The normalized spacial score (nSPS) is 18.9. The van der Waals surface area contributed by atoms with Gasteiger partial charge in [0.25, 0.3) is 0 Å². The third-order valence-electron chi connectivity index (χ3n) is 3.06. The number of alkyl carbamates (subject to hydrolysis) is 1. The van der Waals surface area contributed by atoms with Crippen LogP contribution in [0.2, 0.25) is 0 Å². The van der Waals surface area contributed by atoms with Crippen LogP contribution < -0.4 is 5.32 Å². The average Bonchev–Trinajstić information content (AvgIpc) is 2.26. The molecule has 1 N–H and O–H groups in total. The number of amides is 1. The number of ether oxygens (including phenoxy) is 2. The molecule has 118 valence electrons. The summed E-state index contributed by atoms with van der Waals surface area (Å²) in [4.78, 5) is 14.3. The highest BCUT2D eigenvalue weighted by Gasteiger charge is 2.22. The maximum atomic E-state index is 11.9. The molecule has 0 aromatic rings. The van der Waals surface area contributed by atoms with Crippen LogP contribution in [-0.4, -0.2) is 55.5 Å². The van der Waals surface area contributed by atoms with Crippen LogP contribution in [0.15, 0.2) is 0 Å². The summed E-state index contributed by atoms with van der Waals surface area (Å²) in [5.74, 6) is 0.538. The zero-order valence-corrected chi connectivity index (χ0v) is 13.6. The molecular weight excluding hydrogens is 256 g/mol. The van der Waals surface area contributed by atoms with Crippen molar-refractivity contribution in [3.05, 3.63) is 0 Å². The largest absolute Gasteiger partial charge is 0.444 e. The predicted octanol–water partition coefficient (Wildman–Crippen LogP) is 2.26.